The second-order valence-corrected chi connectivity index (χ2v) is 5.48. The summed E-state index contributed by atoms with van der Waals surface area (Å²) in [5.41, 5.74) is 1.24. The third-order valence-corrected chi connectivity index (χ3v) is 3.46. The summed E-state index contributed by atoms with van der Waals surface area (Å²) in [7, 11) is 1.75. The van der Waals surface area contributed by atoms with Gasteiger partial charge in [0.05, 0.1) is 10.7 Å². The van der Waals surface area contributed by atoms with Crippen LogP contribution in [0.15, 0.2) is 5.38 Å². The number of ether oxygens (including phenoxy) is 1. The minimum absolute atomic E-state index is 0.579. The van der Waals surface area contributed by atoms with Crippen LogP contribution in [0.25, 0.3) is 0 Å². The van der Waals surface area contributed by atoms with E-state index in [0.717, 1.165) is 32.4 Å². The minimum atomic E-state index is 0.579. The first kappa shape index (κ1) is 14.6. The van der Waals surface area contributed by atoms with Crippen molar-refractivity contribution in [1.29, 1.82) is 0 Å². The van der Waals surface area contributed by atoms with Gasteiger partial charge >= 0.3 is 0 Å². The molecule has 3 nitrogen and oxygen atoms in total. The average molecular weight is 256 g/mol. The summed E-state index contributed by atoms with van der Waals surface area (Å²) in [6, 6.07) is 0.579. The zero-order valence-electron chi connectivity index (χ0n) is 11.2. The van der Waals surface area contributed by atoms with Gasteiger partial charge in [-0.05, 0) is 25.8 Å². The molecule has 0 saturated carbocycles. The number of methoxy groups -OCH3 is 1. The lowest BCUT2D eigenvalue weighted by atomic mass is 10.2. The molecular weight excluding hydrogens is 232 g/mol. The van der Waals surface area contributed by atoms with Gasteiger partial charge in [-0.1, -0.05) is 13.8 Å². The number of hydrogen-bond acceptors (Lipinski definition) is 4. The first-order chi connectivity index (χ1) is 8.22. The molecule has 1 rings (SSSR count). The standard InChI is InChI=1S/C13H24N2OS/c1-11(2)14-8-4-6-12-10-17-13(15-12)7-5-9-16-3/h10-11,14H,4-9H2,1-3H3. The molecule has 0 aliphatic heterocycles. The van der Waals surface area contributed by atoms with Crippen molar-refractivity contribution in [2.45, 2.75) is 45.6 Å². The summed E-state index contributed by atoms with van der Waals surface area (Å²) in [6.45, 7) is 6.26. The predicted octanol–water partition coefficient (Wildman–Crippen LogP) is 2.65. The Balaban J connectivity index is 2.16. The van der Waals surface area contributed by atoms with E-state index in [9.17, 15) is 0 Å². The fraction of sp³-hybridized carbons (Fsp3) is 0.769. The van der Waals surface area contributed by atoms with E-state index in [1.165, 1.54) is 17.1 Å². The maximum Gasteiger partial charge on any atom is 0.0929 e. The Morgan fingerprint density at radius 1 is 1.35 bits per heavy atom. The fourth-order valence-corrected chi connectivity index (χ4v) is 2.48. The Kier molecular flexibility index (Phi) is 7.40. The van der Waals surface area contributed by atoms with Crippen LogP contribution in [0, 0.1) is 0 Å². The van der Waals surface area contributed by atoms with Crippen LogP contribution in [0.2, 0.25) is 0 Å². The van der Waals surface area contributed by atoms with Gasteiger partial charge in [0.15, 0.2) is 0 Å². The lowest BCUT2D eigenvalue weighted by molar-refractivity contribution is 0.195. The molecule has 17 heavy (non-hydrogen) atoms. The van der Waals surface area contributed by atoms with Crippen LogP contribution in [0.5, 0.6) is 0 Å². The number of rotatable bonds is 9. The second kappa shape index (κ2) is 8.61. The Hall–Kier alpha value is -0.450. The van der Waals surface area contributed by atoms with Crippen molar-refractivity contribution in [1.82, 2.24) is 10.3 Å². The fourth-order valence-electron chi connectivity index (χ4n) is 1.61. The van der Waals surface area contributed by atoms with Gasteiger partial charge < -0.3 is 10.1 Å². The molecular formula is C13H24N2OS. The van der Waals surface area contributed by atoms with Crippen LogP contribution in [0.4, 0.5) is 0 Å². The Bertz CT molecular complexity index is 299. The van der Waals surface area contributed by atoms with Gasteiger partial charge in [0.1, 0.15) is 0 Å². The number of hydrogen-bond donors (Lipinski definition) is 1. The first-order valence-corrected chi connectivity index (χ1v) is 7.26. The van der Waals surface area contributed by atoms with Crippen LogP contribution >= 0.6 is 11.3 Å². The maximum absolute atomic E-state index is 5.04. The number of aromatic nitrogens is 1. The van der Waals surface area contributed by atoms with Crippen molar-refractivity contribution in [3.05, 3.63) is 16.1 Å². The molecule has 0 atom stereocenters. The van der Waals surface area contributed by atoms with Gasteiger partial charge in [0, 0.05) is 31.6 Å². The van der Waals surface area contributed by atoms with E-state index in [4.69, 9.17) is 4.74 Å². The molecule has 0 spiro atoms. The summed E-state index contributed by atoms with van der Waals surface area (Å²) in [5, 5.41) is 6.86. The summed E-state index contributed by atoms with van der Waals surface area (Å²) in [6.07, 6.45) is 4.36. The normalized spacial score (nSPS) is 11.3. The van der Waals surface area contributed by atoms with E-state index < -0.39 is 0 Å². The van der Waals surface area contributed by atoms with Gasteiger partial charge in [-0.25, -0.2) is 4.98 Å². The van der Waals surface area contributed by atoms with E-state index in [1.807, 2.05) is 0 Å². The molecule has 0 fully saturated rings. The summed E-state index contributed by atoms with van der Waals surface area (Å²) in [5.74, 6) is 0. The minimum Gasteiger partial charge on any atom is -0.385 e. The monoisotopic (exact) mass is 256 g/mol. The molecule has 0 bridgehead atoms. The topological polar surface area (TPSA) is 34.1 Å². The highest BCUT2D eigenvalue weighted by Crippen LogP contribution is 2.13. The van der Waals surface area contributed by atoms with Crippen LogP contribution in [0.1, 0.15) is 37.4 Å². The molecule has 0 radical (unpaired) electrons. The molecule has 1 aromatic rings. The molecule has 1 aromatic heterocycles. The molecule has 0 aliphatic carbocycles. The number of thiazole rings is 1. The third-order valence-electron chi connectivity index (χ3n) is 2.50. The highest BCUT2D eigenvalue weighted by atomic mass is 32.1. The van der Waals surface area contributed by atoms with E-state index in [0.29, 0.717) is 6.04 Å². The number of aryl methyl sites for hydroxylation is 2. The van der Waals surface area contributed by atoms with Gasteiger partial charge in [0.25, 0.3) is 0 Å². The number of nitrogens with zero attached hydrogens (tertiary/aromatic N) is 1. The summed E-state index contributed by atoms with van der Waals surface area (Å²) >= 11 is 1.78. The van der Waals surface area contributed by atoms with Crippen LogP contribution < -0.4 is 5.32 Å². The zero-order chi connectivity index (χ0) is 12.5. The zero-order valence-corrected chi connectivity index (χ0v) is 12.0. The van der Waals surface area contributed by atoms with E-state index in [-0.39, 0.29) is 0 Å². The van der Waals surface area contributed by atoms with E-state index >= 15 is 0 Å². The maximum atomic E-state index is 5.04. The van der Waals surface area contributed by atoms with E-state index in [1.54, 1.807) is 18.4 Å². The van der Waals surface area contributed by atoms with Crippen molar-refractivity contribution in [2.75, 3.05) is 20.3 Å². The average Bonchev–Trinajstić information content (AvgIpc) is 2.73. The lowest BCUT2D eigenvalue weighted by Crippen LogP contribution is -2.23. The molecule has 0 unspecified atom stereocenters. The van der Waals surface area contributed by atoms with Gasteiger partial charge in [-0.3, -0.25) is 0 Å². The summed E-state index contributed by atoms with van der Waals surface area (Å²) < 4.78 is 5.04. The van der Waals surface area contributed by atoms with Crippen LogP contribution in [-0.2, 0) is 17.6 Å². The van der Waals surface area contributed by atoms with Crippen molar-refractivity contribution < 1.29 is 4.74 Å². The molecule has 0 aromatic carbocycles. The lowest BCUT2D eigenvalue weighted by Gasteiger charge is -2.06. The Morgan fingerprint density at radius 2 is 2.18 bits per heavy atom. The molecule has 1 N–H and O–H groups in total. The van der Waals surface area contributed by atoms with Crippen molar-refractivity contribution in [3.63, 3.8) is 0 Å². The van der Waals surface area contributed by atoms with Crippen LogP contribution in [0.3, 0.4) is 0 Å². The highest BCUT2D eigenvalue weighted by molar-refractivity contribution is 7.09. The molecule has 4 heteroatoms. The predicted molar refractivity (Wildman–Crippen MR) is 73.8 cm³/mol. The van der Waals surface area contributed by atoms with Crippen molar-refractivity contribution in [2.24, 2.45) is 0 Å². The van der Waals surface area contributed by atoms with Gasteiger partial charge in [-0.2, -0.15) is 0 Å². The smallest absolute Gasteiger partial charge is 0.0929 e. The molecule has 0 saturated heterocycles. The van der Waals surface area contributed by atoms with Crippen LogP contribution in [-0.4, -0.2) is 31.3 Å². The van der Waals surface area contributed by atoms with Gasteiger partial charge in [-0.15, -0.1) is 11.3 Å². The quantitative estimate of drug-likeness (QED) is 0.690. The molecule has 98 valence electrons. The molecule has 0 amide bonds. The SMILES string of the molecule is COCCCc1nc(CCCNC(C)C)cs1. The van der Waals surface area contributed by atoms with Crippen molar-refractivity contribution >= 4 is 11.3 Å². The molecule has 1 heterocycles. The Morgan fingerprint density at radius 3 is 2.88 bits per heavy atom. The third kappa shape index (κ3) is 6.76. The second-order valence-electron chi connectivity index (χ2n) is 4.54. The first-order valence-electron chi connectivity index (χ1n) is 6.38. The Labute approximate surface area is 109 Å². The van der Waals surface area contributed by atoms with E-state index in [2.05, 4.69) is 29.5 Å². The van der Waals surface area contributed by atoms with Gasteiger partial charge in [0.2, 0.25) is 0 Å². The largest absolute Gasteiger partial charge is 0.385 e. The highest BCUT2D eigenvalue weighted by Gasteiger charge is 2.02. The number of nitrogens with one attached hydrogen (secondary N) is 1. The summed E-state index contributed by atoms with van der Waals surface area (Å²) in [4.78, 5) is 4.63. The molecule has 0 aliphatic rings. The van der Waals surface area contributed by atoms with Crippen molar-refractivity contribution in [3.8, 4) is 0 Å².